The fraction of sp³-hybridized carbons (Fsp3) is 0.222. The monoisotopic (exact) mass is 187 g/mol. The van der Waals surface area contributed by atoms with Gasteiger partial charge >= 0.3 is 35.5 Å². The third kappa shape index (κ3) is 2.31. The van der Waals surface area contributed by atoms with Crippen molar-refractivity contribution in [1.82, 2.24) is 0 Å². The number of carbonyl (C=O) groups is 1. The van der Waals surface area contributed by atoms with Crippen LogP contribution in [-0.4, -0.2) is 17.2 Å². The van der Waals surface area contributed by atoms with Crippen LogP contribution < -0.4 is 29.6 Å². The predicted molar refractivity (Wildman–Crippen MR) is 41.7 cm³/mol. The number of rotatable bonds is 2. The van der Waals surface area contributed by atoms with Crippen molar-refractivity contribution in [3.05, 3.63) is 35.9 Å². The van der Waals surface area contributed by atoms with Crippen LogP contribution in [0.25, 0.3) is 0 Å². The fourth-order valence-corrected chi connectivity index (χ4v) is 1.20. The summed E-state index contributed by atoms with van der Waals surface area (Å²) in [5.74, 6) is -0.885. The van der Waals surface area contributed by atoms with Crippen LogP contribution in [0.2, 0.25) is 0 Å². The summed E-state index contributed by atoms with van der Waals surface area (Å²) in [6.07, 6.45) is -0.865. The summed E-state index contributed by atoms with van der Waals surface area (Å²) in [5.41, 5.74) is 0.935. The third-order valence-corrected chi connectivity index (χ3v) is 1.86. The molecule has 0 spiro atoms. The van der Waals surface area contributed by atoms with Crippen molar-refractivity contribution in [2.24, 2.45) is 0 Å². The maximum absolute atomic E-state index is 10.4. The molecule has 2 rings (SSSR count). The second-order valence-electron chi connectivity index (χ2n) is 2.73. The molecule has 0 amide bonds. The standard InChI is InChI=1S/C9H8O3.Na/c10-9(11)8-7(12-8)6-4-2-1-3-5-6;/h1-5,7-8H,(H,10,11);/q;+1/t7-,8+;/m1./s1. The normalized spacial score (nSPS) is 24.6. The summed E-state index contributed by atoms with van der Waals surface area (Å²) in [6, 6.07) is 9.37. The van der Waals surface area contributed by atoms with Crippen molar-refractivity contribution in [1.29, 1.82) is 0 Å². The first-order valence-electron chi connectivity index (χ1n) is 3.72. The van der Waals surface area contributed by atoms with E-state index in [2.05, 4.69) is 0 Å². The number of carboxylic acids is 1. The zero-order chi connectivity index (χ0) is 8.55. The average Bonchev–Trinajstić information content (AvgIpc) is 2.84. The Morgan fingerprint density at radius 2 is 1.92 bits per heavy atom. The Balaban J connectivity index is 0.000000845. The van der Waals surface area contributed by atoms with Crippen LogP contribution in [0.4, 0.5) is 0 Å². The van der Waals surface area contributed by atoms with Gasteiger partial charge in [-0.3, -0.25) is 0 Å². The minimum absolute atomic E-state index is 0. The Morgan fingerprint density at radius 1 is 1.31 bits per heavy atom. The second kappa shape index (κ2) is 4.24. The van der Waals surface area contributed by atoms with Gasteiger partial charge in [0, 0.05) is 0 Å². The summed E-state index contributed by atoms with van der Waals surface area (Å²) in [6.45, 7) is 0. The number of benzene rings is 1. The number of aliphatic carboxylic acids is 1. The Hall–Kier alpha value is -0.350. The van der Waals surface area contributed by atoms with Crippen molar-refractivity contribution < 1.29 is 44.2 Å². The number of hydrogen-bond acceptors (Lipinski definition) is 2. The Labute approximate surface area is 98.0 Å². The van der Waals surface area contributed by atoms with Gasteiger partial charge in [0.15, 0.2) is 6.10 Å². The Bertz CT molecular complexity index is 299. The summed E-state index contributed by atoms with van der Waals surface area (Å²) >= 11 is 0. The maximum Gasteiger partial charge on any atom is 1.00 e. The van der Waals surface area contributed by atoms with Crippen molar-refractivity contribution in [3.8, 4) is 0 Å². The summed E-state index contributed by atoms with van der Waals surface area (Å²) in [5, 5.41) is 8.56. The van der Waals surface area contributed by atoms with Gasteiger partial charge in [-0.05, 0) is 5.56 Å². The molecule has 1 N–H and O–H groups in total. The van der Waals surface area contributed by atoms with Crippen molar-refractivity contribution in [3.63, 3.8) is 0 Å². The average molecular weight is 187 g/mol. The molecular weight excluding hydrogens is 179 g/mol. The van der Waals surface area contributed by atoms with Crippen molar-refractivity contribution >= 4 is 5.97 Å². The van der Waals surface area contributed by atoms with Gasteiger partial charge in [0.25, 0.3) is 0 Å². The smallest absolute Gasteiger partial charge is 0.479 e. The molecule has 0 unspecified atom stereocenters. The molecule has 0 aromatic heterocycles. The van der Waals surface area contributed by atoms with E-state index in [0.717, 1.165) is 5.56 Å². The van der Waals surface area contributed by atoms with Crippen LogP contribution in [0.1, 0.15) is 11.7 Å². The van der Waals surface area contributed by atoms with E-state index in [-0.39, 0.29) is 35.7 Å². The van der Waals surface area contributed by atoms with Gasteiger partial charge in [-0.25, -0.2) is 4.79 Å². The zero-order valence-electron chi connectivity index (χ0n) is 7.31. The van der Waals surface area contributed by atoms with Gasteiger partial charge in [0.1, 0.15) is 6.10 Å². The largest absolute Gasteiger partial charge is 1.00 e. The molecule has 1 heterocycles. The molecule has 3 nitrogen and oxygen atoms in total. The summed E-state index contributed by atoms with van der Waals surface area (Å²) < 4.78 is 4.96. The Kier molecular flexibility index (Phi) is 3.50. The molecule has 0 aliphatic carbocycles. The van der Waals surface area contributed by atoms with E-state index in [1.807, 2.05) is 30.3 Å². The molecule has 2 atom stereocenters. The first kappa shape index (κ1) is 10.7. The molecule has 62 valence electrons. The first-order valence-corrected chi connectivity index (χ1v) is 3.72. The molecular formula is C9H8NaO3+. The van der Waals surface area contributed by atoms with Crippen molar-refractivity contribution in [2.45, 2.75) is 12.2 Å². The van der Waals surface area contributed by atoms with Gasteiger partial charge in [-0.1, -0.05) is 30.3 Å². The minimum atomic E-state index is -0.885. The van der Waals surface area contributed by atoms with E-state index in [9.17, 15) is 4.79 Å². The molecule has 4 heteroatoms. The maximum atomic E-state index is 10.4. The number of carboxylic acid groups (broad SMARTS) is 1. The molecule has 1 aromatic rings. The Morgan fingerprint density at radius 3 is 2.38 bits per heavy atom. The van der Waals surface area contributed by atoms with E-state index in [1.54, 1.807) is 0 Å². The van der Waals surface area contributed by atoms with E-state index >= 15 is 0 Å². The van der Waals surface area contributed by atoms with Gasteiger partial charge in [-0.15, -0.1) is 0 Å². The topological polar surface area (TPSA) is 49.8 Å². The first-order chi connectivity index (χ1) is 5.79. The molecule has 1 saturated heterocycles. The SMILES string of the molecule is O=C(O)[C@H]1O[C@@H]1c1ccccc1.[Na+]. The quantitative estimate of drug-likeness (QED) is 0.439. The van der Waals surface area contributed by atoms with Crippen LogP contribution in [0.5, 0.6) is 0 Å². The number of epoxide rings is 1. The minimum Gasteiger partial charge on any atom is -0.479 e. The number of hydrogen-bond donors (Lipinski definition) is 1. The molecule has 0 saturated carbocycles. The van der Waals surface area contributed by atoms with Crippen LogP contribution in [0.15, 0.2) is 30.3 Å². The van der Waals surface area contributed by atoms with Gasteiger partial charge in [0.05, 0.1) is 0 Å². The predicted octanol–water partition coefficient (Wildman–Crippen LogP) is -1.78. The van der Waals surface area contributed by atoms with E-state index in [1.165, 1.54) is 0 Å². The summed E-state index contributed by atoms with van der Waals surface area (Å²) in [7, 11) is 0. The third-order valence-electron chi connectivity index (χ3n) is 1.86. The van der Waals surface area contributed by atoms with E-state index in [4.69, 9.17) is 9.84 Å². The second-order valence-corrected chi connectivity index (χ2v) is 2.73. The van der Waals surface area contributed by atoms with Gasteiger partial charge in [0.2, 0.25) is 0 Å². The molecule has 1 aliphatic rings. The van der Waals surface area contributed by atoms with Crippen LogP contribution in [0, 0.1) is 0 Å². The zero-order valence-corrected chi connectivity index (χ0v) is 9.31. The molecule has 13 heavy (non-hydrogen) atoms. The molecule has 0 bridgehead atoms. The molecule has 1 aliphatic heterocycles. The van der Waals surface area contributed by atoms with Gasteiger partial charge < -0.3 is 9.84 Å². The fourth-order valence-electron chi connectivity index (χ4n) is 1.20. The molecule has 1 aromatic carbocycles. The van der Waals surface area contributed by atoms with Crippen LogP contribution >= 0.6 is 0 Å². The van der Waals surface area contributed by atoms with Crippen LogP contribution in [0.3, 0.4) is 0 Å². The molecule has 1 fully saturated rings. The van der Waals surface area contributed by atoms with Gasteiger partial charge in [-0.2, -0.15) is 0 Å². The van der Waals surface area contributed by atoms with E-state index < -0.39 is 12.1 Å². The summed E-state index contributed by atoms with van der Waals surface area (Å²) in [4.78, 5) is 10.4. The van der Waals surface area contributed by atoms with Crippen LogP contribution in [-0.2, 0) is 9.53 Å². The number of ether oxygens (including phenoxy) is 1. The van der Waals surface area contributed by atoms with Crippen molar-refractivity contribution in [2.75, 3.05) is 0 Å². The van der Waals surface area contributed by atoms with E-state index in [0.29, 0.717) is 0 Å². The molecule has 0 radical (unpaired) electrons.